The summed E-state index contributed by atoms with van der Waals surface area (Å²) in [6, 6.07) is 11.3. The van der Waals surface area contributed by atoms with Crippen LogP contribution < -0.4 is 4.74 Å². The van der Waals surface area contributed by atoms with E-state index in [1.165, 1.54) is 12.7 Å². The highest BCUT2D eigenvalue weighted by Crippen LogP contribution is 2.16. The van der Waals surface area contributed by atoms with Crippen molar-refractivity contribution >= 4 is 5.97 Å². The van der Waals surface area contributed by atoms with Crippen LogP contribution in [0.25, 0.3) is 0 Å². The van der Waals surface area contributed by atoms with Crippen LogP contribution in [-0.2, 0) is 17.8 Å². The number of benzene rings is 1. The molecule has 0 saturated heterocycles. The quantitative estimate of drug-likeness (QED) is 0.755. The molecule has 106 valence electrons. The van der Waals surface area contributed by atoms with Crippen molar-refractivity contribution in [1.29, 1.82) is 0 Å². The number of hydrogen-bond acceptors (Lipinski definition) is 4. The third-order valence-electron chi connectivity index (χ3n) is 2.89. The third kappa shape index (κ3) is 3.63. The number of hydrogen-bond donors (Lipinski definition) is 0. The zero-order valence-electron chi connectivity index (χ0n) is 11.7. The Bertz CT molecular complexity index is 554. The van der Waals surface area contributed by atoms with Crippen LogP contribution in [0.1, 0.15) is 35.2 Å². The van der Waals surface area contributed by atoms with E-state index in [2.05, 4.69) is 23.8 Å². The lowest BCUT2D eigenvalue weighted by Crippen LogP contribution is -1.99. The molecule has 4 heteroatoms. The molecule has 2 aromatic rings. The predicted molar refractivity (Wildman–Crippen MR) is 74.8 cm³/mol. The van der Waals surface area contributed by atoms with E-state index in [0.29, 0.717) is 5.76 Å². The number of carbonyl (C=O) groups is 1. The van der Waals surface area contributed by atoms with Crippen molar-refractivity contribution in [3.05, 3.63) is 53.5 Å². The van der Waals surface area contributed by atoms with Gasteiger partial charge in [0.05, 0.1) is 7.11 Å². The Morgan fingerprint density at radius 1 is 1.15 bits per heavy atom. The monoisotopic (exact) mass is 274 g/mol. The molecule has 0 amide bonds. The summed E-state index contributed by atoms with van der Waals surface area (Å²) < 4.78 is 15.5. The minimum Gasteiger partial charge on any atom is -0.486 e. The number of ether oxygens (including phenoxy) is 2. The fraction of sp³-hybridized carbons (Fsp3) is 0.312. The second-order valence-electron chi connectivity index (χ2n) is 4.44. The summed E-state index contributed by atoms with van der Waals surface area (Å²) in [5.41, 5.74) is 1.30. The highest BCUT2D eigenvalue weighted by Gasteiger charge is 2.11. The first-order valence-electron chi connectivity index (χ1n) is 6.61. The standard InChI is InChI=1S/C16H18O4/c1-3-4-12-5-7-13(8-6-12)19-11-14-9-10-15(20-14)16(17)18-2/h5-10H,3-4,11H2,1-2H3. The van der Waals surface area contributed by atoms with Crippen LogP contribution in [0.3, 0.4) is 0 Å². The normalized spacial score (nSPS) is 10.3. The van der Waals surface area contributed by atoms with Crippen molar-refractivity contribution in [2.24, 2.45) is 0 Å². The molecule has 0 radical (unpaired) electrons. The SMILES string of the molecule is CCCc1ccc(OCc2ccc(C(=O)OC)o2)cc1. The summed E-state index contributed by atoms with van der Waals surface area (Å²) in [6.45, 7) is 2.43. The van der Waals surface area contributed by atoms with Gasteiger partial charge in [-0.3, -0.25) is 0 Å². The third-order valence-corrected chi connectivity index (χ3v) is 2.89. The van der Waals surface area contributed by atoms with Crippen LogP contribution in [0, 0.1) is 0 Å². The second kappa shape index (κ2) is 6.80. The number of furan rings is 1. The van der Waals surface area contributed by atoms with Crippen molar-refractivity contribution in [3.8, 4) is 5.75 Å². The number of carbonyl (C=O) groups excluding carboxylic acids is 1. The highest BCUT2D eigenvalue weighted by molar-refractivity contribution is 5.86. The Morgan fingerprint density at radius 3 is 2.55 bits per heavy atom. The van der Waals surface area contributed by atoms with Gasteiger partial charge in [-0.25, -0.2) is 4.79 Å². The summed E-state index contributed by atoms with van der Waals surface area (Å²) >= 11 is 0. The molecule has 0 unspecified atom stereocenters. The van der Waals surface area contributed by atoms with Crippen molar-refractivity contribution in [1.82, 2.24) is 0 Å². The minimum atomic E-state index is -0.486. The van der Waals surface area contributed by atoms with E-state index in [-0.39, 0.29) is 12.4 Å². The lowest BCUT2D eigenvalue weighted by molar-refractivity contribution is 0.0561. The molecular formula is C16H18O4. The van der Waals surface area contributed by atoms with Gasteiger partial charge < -0.3 is 13.9 Å². The van der Waals surface area contributed by atoms with E-state index >= 15 is 0 Å². The van der Waals surface area contributed by atoms with E-state index in [1.807, 2.05) is 12.1 Å². The molecule has 0 aliphatic rings. The Kier molecular flexibility index (Phi) is 4.82. The minimum absolute atomic E-state index is 0.185. The Morgan fingerprint density at radius 2 is 1.90 bits per heavy atom. The Balaban J connectivity index is 1.91. The van der Waals surface area contributed by atoms with Gasteiger partial charge in [-0.05, 0) is 36.2 Å². The average Bonchev–Trinajstić information content (AvgIpc) is 2.95. The molecule has 0 spiro atoms. The van der Waals surface area contributed by atoms with E-state index in [0.717, 1.165) is 18.6 Å². The average molecular weight is 274 g/mol. The maximum Gasteiger partial charge on any atom is 0.373 e. The highest BCUT2D eigenvalue weighted by atomic mass is 16.5. The van der Waals surface area contributed by atoms with Crippen LogP contribution >= 0.6 is 0 Å². The lowest BCUT2D eigenvalue weighted by Gasteiger charge is -2.05. The van der Waals surface area contributed by atoms with Crippen LogP contribution in [0.4, 0.5) is 0 Å². The molecule has 4 nitrogen and oxygen atoms in total. The molecule has 0 aliphatic heterocycles. The predicted octanol–water partition coefficient (Wildman–Crippen LogP) is 3.60. The number of aryl methyl sites for hydroxylation is 1. The zero-order chi connectivity index (χ0) is 14.4. The van der Waals surface area contributed by atoms with Crippen LogP contribution in [0.15, 0.2) is 40.8 Å². The van der Waals surface area contributed by atoms with E-state index in [9.17, 15) is 4.79 Å². The summed E-state index contributed by atoms with van der Waals surface area (Å²) in [6.07, 6.45) is 2.20. The van der Waals surface area contributed by atoms with Crippen molar-refractivity contribution in [2.45, 2.75) is 26.4 Å². The number of rotatable bonds is 6. The smallest absolute Gasteiger partial charge is 0.373 e. The first-order valence-corrected chi connectivity index (χ1v) is 6.61. The molecule has 1 heterocycles. The molecule has 1 aromatic carbocycles. The fourth-order valence-electron chi connectivity index (χ4n) is 1.86. The maximum absolute atomic E-state index is 11.2. The number of methoxy groups -OCH3 is 1. The lowest BCUT2D eigenvalue weighted by atomic mass is 10.1. The Hall–Kier alpha value is -2.23. The van der Waals surface area contributed by atoms with Crippen LogP contribution in [0.5, 0.6) is 5.75 Å². The first-order chi connectivity index (χ1) is 9.72. The summed E-state index contributed by atoms with van der Waals surface area (Å²) in [4.78, 5) is 11.2. The second-order valence-corrected chi connectivity index (χ2v) is 4.44. The van der Waals surface area contributed by atoms with Gasteiger partial charge in [0.15, 0.2) is 0 Å². The zero-order valence-corrected chi connectivity index (χ0v) is 11.7. The summed E-state index contributed by atoms with van der Waals surface area (Å²) in [7, 11) is 1.32. The molecule has 20 heavy (non-hydrogen) atoms. The topological polar surface area (TPSA) is 48.7 Å². The van der Waals surface area contributed by atoms with Crippen molar-refractivity contribution < 1.29 is 18.7 Å². The van der Waals surface area contributed by atoms with Gasteiger partial charge in [-0.2, -0.15) is 0 Å². The summed E-state index contributed by atoms with van der Waals surface area (Å²) in [5.74, 6) is 1.06. The Labute approximate surface area is 118 Å². The molecule has 0 saturated carbocycles. The van der Waals surface area contributed by atoms with Crippen LogP contribution in [0.2, 0.25) is 0 Å². The largest absolute Gasteiger partial charge is 0.486 e. The molecule has 0 fully saturated rings. The molecular weight excluding hydrogens is 256 g/mol. The summed E-state index contributed by atoms with van der Waals surface area (Å²) in [5, 5.41) is 0. The molecule has 1 aromatic heterocycles. The number of esters is 1. The molecule has 2 rings (SSSR count). The van der Waals surface area contributed by atoms with Gasteiger partial charge in [0.2, 0.25) is 5.76 Å². The molecule has 0 aliphatic carbocycles. The fourth-order valence-corrected chi connectivity index (χ4v) is 1.86. The molecule has 0 N–H and O–H groups in total. The van der Waals surface area contributed by atoms with E-state index in [4.69, 9.17) is 9.15 Å². The van der Waals surface area contributed by atoms with Gasteiger partial charge >= 0.3 is 5.97 Å². The van der Waals surface area contributed by atoms with Crippen molar-refractivity contribution in [3.63, 3.8) is 0 Å². The van der Waals surface area contributed by atoms with Gasteiger partial charge in [0, 0.05) is 0 Å². The van der Waals surface area contributed by atoms with E-state index in [1.54, 1.807) is 12.1 Å². The van der Waals surface area contributed by atoms with Gasteiger partial charge in [-0.1, -0.05) is 25.5 Å². The van der Waals surface area contributed by atoms with Crippen LogP contribution in [-0.4, -0.2) is 13.1 Å². The van der Waals surface area contributed by atoms with Gasteiger partial charge in [-0.15, -0.1) is 0 Å². The van der Waals surface area contributed by atoms with Crippen molar-refractivity contribution in [2.75, 3.05) is 7.11 Å². The maximum atomic E-state index is 11.2. The van der Waals surface area contributed by atoms with E-state index < -0.39 is 5.97 Å². The first kappa shape index (κ1) is 14.2. The molecule has 0 bridgehead atoms. The molecule has 0 atom stereocenters. The van der Waals surface area contributed by atoms with Gasteiger partial charge in [0.1, 0.15) is 18.1 Å². The van der Waals surface area contributed by atoms with Gasteiger partial charge in [0.25, 0.3) is 0 Å².